The van der Waals surface area contributed by atoms with Crippen molar-refractivity contribution in [1.82, 2.24) is 0 Å². The zero-order valence-electron chi connectivity index (χ0n) is 36.0. The molecule has 8 nitrogen and oxygen atoms in total. The molecule has 0 radical (unpaired) electrons. The number of aliphatic hydroxyl groups is 2. The molecule has 0 aromatic heterocycles. The van der Waals surface area contributed by atoms with Crippen LogP contribution in [0.2, 0.25) is 0 Å². The van der Waals surface area contributed by atoms with Gasteiger partial charge >= 0.3 is 11.9 Å². The maximum absolute atomic E-state index is 14.2. The van der Waals surface area contributed by atoms with Crippen molar-refractivity contribution >= 4 is 24.4 Å². The number of nitrogens with zero attached hydrogens (tertiary/aromatic N) is 2. The fourth-order valence-corrected chi connectivity index (χ4v) is 13.7. The van der Waals surface area contributed by atoms with Crippen LogP contribution in [-0.4, -0.2) is 45.8 Å². The lowest BCUT2D eigenvalue weighted by Crippen LogP contribution is -2.53. The number of allylic oxidation sites excluding steroid dienone is 2. The average molecular weight is 789 g/mol. The zero-order chi connectivity index (χ0) is 41.3. The van der Waals surface area contributed by atoms with Crippen LogP contribution in [0.3, 0.4) is 0 Å². The van der Waals surface area contributed by atoms with Crippen LogP contribution in [0.1, 0.15) is 147 Å². The first kappa shape index (κ1) is 40.6. The third-order valence-electron chi connectivity index (χ3n) is 14.9. The summed E-state index contributed by atoms with van der Waals surface area (Å²) < 4.78 is 12.9. The number of hydrogen-bond acceptors (Lipinski definition) is 8. The van der Waals surface area contributed by atoms with Crippen molar-refractivity contribution in [3.05, 3.63) is 91.4 Å². The molecule has 8 aliphatic carbocycles. The second kappa shape index (κ2) is 15.4. The minimum Gasteiger partial charge on any atom is -0.512 e. The van der Waals surface area contributed by atoms with Crippen molar-refractivity contribution in [3.63, 3.8) is 0 Å². The van der Waals surface area contributed by atoms with E-state index < -0.39 is 35.2 Å². The van der Waals surface area contributed by atoms with E-state index in [2.05, 4.69) is 65.8 Å². The summed E-state index contributed by atoms with van der Waals surface area (Å²) in [7, 11) is 0. The largest absolute Gasteiger partial charge is 0.512 e. The van der Waals surface area contributed by atoms with Crippen molar-refractivity contribution < 1.29 is 29.3 Å². The van der Waals surface area contributed by atoms with Gasteiger partial charge in [-0.25, -0.2) is 9.59 Å². The van der Waals surface area contributed by atoms with Gasteiger partial charge in [0.25, 0.3) is 0 Å². The Hall–Kier alpha value is -4.20. The Morgan fingerprint density at radius 1 is 0.552 bits per heavy atom. The van der Waals surface area contributed by atoms with E-state index in [0.717, 1.165) is 83.0 Å². The number of aliphatic imine (C=N–C) groups is 2. The Kier molecular flexibility index (Phi) is 10.8. The first-order valence-electron chi connectivity index (χ1n) is 22.0. The normalized spacial score (nSPS) is 32.7. The number of carbonyl (C=O) groups is 2. The van der Waals surface area contributed by atoms with Crippen molar-refractivity contribution in [2.75, 3.05) is 0 Å². The Labute approximate surface area is 345 Å². The van der Waals surface area contributed by atoms with Gasteiger partial charge in [-0.15, -0.1) is 0 Å². The van der Waals surface area contributed by atoms with Crippen LogP contribution in [0, 0.1) is 77.0 Å². The molecule has 0 spiro atoms. The molecule has 10 rings (SSSR count). The summed E-state index contributed by atoms with van der Waals surface area (Å²) in [6.45, 7) is 15.4. The summed E-state index contributed by atoms with van der Waals surface area (Å²) >= 11 is 0. The van der Waals surface area contributed by atoms with Gasteiger partial charge in [0.15, 0.2) is 0 Å². The van der Waals surface area contributed by atoms with Gasteiger partial charge in [0.05, 0.1) is 0 Å². The highest BCUT2D eigenvalue weighted by atomic mass is 16.6. The summed E-state index contributed by atoms with van der Waals surface area (Å²) in [5, 5.41) is 22.2. The van der Waals surface area contributed by atoms with Crippen molar-refractivity contribution in [2.45, 2.75) is 156 Å². The van der Waals surface area contributed by atoms with Gasteiger partial charge in [0.1, 0.15) is 46.0 Å². The number of carbonyl (C=O) groups excluding carboxylic acids is 2. The number of esters is 2. The lowest BCUT2D eigenvalue weighted by atomic mass is 9.54. The number of benzene rings is 2. The minimum atomic E-state index is -0.682. The van der Waals surface area contributed by atoms with E-state index in [1.165, 1.54) is 64.8 Å². The molecule has 0 aliphatic heterocycles. The van der Waals surface area contributed by atoms with Crippen molar-refractivity contribution in [3.8, 4) is 0 Å². The molecule has 0 unspecified atom stereocenters. The van der Waals surface area contributed by atoms with Crippen LogP contribution in [0.4, 0.5) is 0 Å². The van der Waals surface area contributed by atoms with Gasteiger partial charge in [-0.2, -0.15) is 0 Å². The molecule has 0 heterocycles. The first-order valence-corrected chi connectivity index (χ1v) is 22.0. The molecule has 8 heteroatoms. The predicted molar refractivity (Wildman–Crippen MR) is 228 cm³/mol. The van der Waals surface area contributed by atoms with Gasteiger partial charge in [-0.05, 0) is 201 Å². The fourth-order valence-electron chi connectivity index (χ4n) is 13.7. The molecule has 2 atom stereocenters. The summed E-state index contributed by atoms with van der Waals surface area (Å²) in [6.07, 6.45) is 15.6. The highest BCUT2D eigenvalue weighted by Crippen LogP contribution is 2.58. The Morgan fingerprint density at radius 2 is 0.810 bits per heavy atom. The van der Waals surface area contributed by atoms with E-state index >= 15 is 0 Å². The summed E-state index contributed by atoms with van der Waals surface area (Å²) in [6, 6.07) is 7.14. The Balaban J connectivity index is 1.18. The van der Waals surface area contributed by atoms with Gasteiger partial charge in [-0.1, -0.05) is 35.4 Å². The van der Waals surface area contributed by atoms with Crippen molar-refractivity contribution in [1.29, 1.82) is 0 Å². The zero-order valence-corrected chi connectivity index (χ0v) is 36.0. The summed E-state index contributed by atoms with van der Waals surface area (Å²) in [5.41, 5.74) is 7.27. The molecule has 2 N–H and O–H groups in total. The minimum absolute atomic E-state index is 0.0363. The van der Waals surface area contributed by atoms with Crippen molar-refractivity contribution in [2.24, 2.45) is 45.5 Å². The van der Waals surface area contributed by atoms with Crippen LogP contribution < -0.4 is 0 Å². The average Bonchev–Trinajstić information content (AvgIpc) is 3.07. The quantitative estimate of drug-likeness (QED) is 0.101. The van der Waals surface area contributed by atoms with Gasteiger partial charge in [-0.3, -0.25) is 9.98 Å². The molecule has 8 bridgehead atoms. The van der Waals surface area contributed by atoms with E-state index in [-0.39, 0.29) is 22.7 Å². The van der Waals surface area contributed by atoms with Gasteiger partial charge in [0.2, 0.25) is 0 Å². The molecule has 2 aromatic carbocycles. The number of rotatable bonds is 11. The SMILES string of the molecule is C/C(O)=C(\C=N[C@@H](c1c(C)cc(C)cc1C)[C@@H](N=C/C(C(=O)OC12CC3CC(CC(C3)C1)C2)=C(/C)O)c1c(C)cc(C)cc1C)C(=O)OC12CC3CC(CC(C3)C1)C2. The van der Waals surface area contributed by atoms with Crippen LogP contribution in [0.15, 0.2) is 56.9 Å². The third-order valence-corrected chi connectivity index (χ3v) is 14.9. The summed E-state index contributed by atoms with van der Waals surface area (Å²) in [5.74, 6) is 2.19. The highest BCUT2D eigenvalue weighted by molar-refractivity contribution is 6.10. The molecule has 310 valence electrons. The van der Waals surface area contributed by atoms with Crippen LogP contribution in [0.5, 0.6) is 0 Å². The van der Waals surface area contributed by atoms with E-state index in [0.29, 0.717) is 35.5 Å². The molecular weight excluding hydrogens is 725 g/mol. The number of ether oxygens (including phenoxy) is 2. The predicted octanol–water partition coefficient (Wildman–Crippen LogP) is 11.1. The Morgan fingerprint density at radius 3 is 1.05 bits per heavy atom. The number of aliphatic hydroxyl groups excluding tert-OH is 2. The molecule has 8 saturated carbocycles. The topological polar surface area (TPSA) is 118 Å². The first-order chi connectivity index (χ1) is 27.5. The van der Waals surface area contributed by atoms with Crippen LogP contribution >= 0.6 is 0 Å². The van der Waals surface area contributed by atoms with E-state index in [9.17, 15) is 19.8 Å². The number of aryl methyl sites for hydroxylation is 6. The highest BCUT2D eigenvalue weighted by Gasteiger charge is 2.54. The molecule has 0 amide bonds. The molecule has 8 fully saturated rings. The monoisotopic (exact) mass is 788 g/mol. The van der Waals surface area contributed by atoms with Crippen LogP contribution in [0.25, 0.3) is 0 Å². The molecule has 0 saturated heterocycles. The van der Waals surface area contributed by atoms with E-state index in [1.54, 1.807) is 0 Å². The second-order valence-electron chi connectivity index (χ2n) is 20.0. The smallest absolute Gasteiger partial charge is 0.343 e. The molecular formula is C50H64N2O6. The van der Waals surface area contributed by atoms with Crippen LogP contribution in [-0.2, 0) is 19.1 Å². The standard InChI is InChI=1S/C50H64N2O6/c1-27-9-29(3)43(30(4)10-27)45(51-25-41(33(7)53)47(55)57-49-19-35-13-36(20-49)15-37(14-35)21-49)46(44-31(5)11-28(2)12-32(44)6)52-26-42(34(8)54)48(56)58-50-22-38-16-39(23-50)18-40(17-38)24-50/h9-12,25-26,35-40,45-46,53-54H,13-24H2,1-8H3/b41-33-,42-34+,51-25?,52-26?/t35?,36?,37?,38?,39?,40?,45-,46-,49?,50?/m0/s1. The van der Waals surface area contributed by atoms with Gasteiger partial charge in [0, 0.05) is 12.4 Å². The lowest BCUT2D eigenvalue weighted by molar-refractivity contribution is -0.182. The molecule has 8 aliphatic rings. The lowest BCUT2D eigenvalue weighted by Gasteiger charge is -2.55. The second-order valence-corrected chi connectivity index (χ2v) is 20.0. The summed E-state index contributed by atoms with van der Waals surface area (Å²) in [4.78, 5) is 38.8. The van der Waals surface area contributed by atoms with E-state index in [1.807, 2.05) is 0 Å². The molecule has 58 heavy (non-hydrogen) atoms. The maximum atomic E-state index is 14.2. The van der Waals surface area contributed by atoms with E-state index in [4.69, 9.17) is 19.5 Å². The number of hydrogen-bond donors (Lipinski definition) is 2. The molecule has 2 aromatic rings. The third kappa shape index (κ3) is 7.93. The fraction of sp³-hybridized carbons (Fsp3) is 0.600. The Bertz CT molecular complexity index is 1850. The van der Waals surface area contributed by atoms with Gasteiger partial charge < -0.3 is 19.7 Å². The maximum Gasteiger partial charge on any atom is 0.343 e.